The number of fused-ring (bicyclic) bond motifs is 15. The molecule has 0 radical (unpaired) electrons. The standard InChI is InChI=1S/C40H23NO/c1-2-10-26-24(9-1)17-19-33-34-22-21-31-27-11-3-4-12-28(27)35-23-25(18-20-32(35)38(31)40(34)42-39(26)33)41-36-15-7-5-13-29(36)30-14-6-8-16-37(30)41/h1-23H. The number of para-hydroxylation sites is 2. The average Bonchev–Trinajstić information content (AvgIpc) is 3.61. The summed E-state index contributed by atoms with van der Waals surface area (Å²) in [5.41, 5.74) is 5.51. The van der Waals surface area contributed by atoms with Crippen LogP contribution in [-0.4, -0.2) is 4.57 Å². The highest BCUT2D eigenvalue weighted by Gasteiger charge is 2.18. The predicted octanol–water partition coefficient (Wildman–Crippen LogP) is 11.3. The minimum atomic E-state index is 0.957. The summed E-state index contributed by atoms with van der Waals surface area (Å²) >= 11 is 0. The van der Waals surface area contributed by atoms with Gasteiger partial charge >= 0.3 is 0 Å². The molecule has 0 bridgehead atoms. The molecule has 42 heavy (non-hydrogen) atoms. The van der Waals surface area contributed by atoms with Gasteiger partial charge in [0.25, 0.3) is 0 Å². The lowest BCUT2D eigenvalue weighted by atomic mass is 9.92. The maximum absolute atomic E-state index is 6.85. The van der Waals surface area contributed by atoms with Gasteiger partial charge in [-0.3, -0.25) is 0 Å². The van der Waals surface area contributed by atoms with E-state index < -0.39 is 0 Å². The van der Waals surface area contributed by atoms with Crippen LogP contribution in [-0.2, 0) is 0 Å². The van der Waals surface area contributed by atoms with Crippen molar-refractivity contribution < 1.29 is 4.42 Å². The molecule has 10 rings (SSSR count). The molecule has 8 aromatic carbocycles. The number of benzene rings is 8. The van der Waals surface area contributed by atoms with Crippen molar-refractivity contribution in [2.45, 2.75) is 0 Å². The number of furan rings is 1. The third-order valence-corrected chi connectivity index (χ3v) is 9.15. The van der Waals surface area contributed by atoms with Crippen molar-refractivity contribution >= 4 is 86.8 Å². The normalized spacial score (nSPS) is 12.3. The molecule has 0 unspecified atom stereocenters. The smallest absolute Gasteiger partial charge is 0.143 e. The Balaban J connectivity index is 1.38. The zero-order valence-electron chi connectivity index (χ0n) is 22.6. The highest BCUT2D eigenvalue weighted by atomic mass is 16.3. The van der Waals surface area contributed by atoms with Crippen LogP contribution in [0.1, 0.15) is 0 Å². The van der Waals surface area contributed by atoms with Crippen molar-refractivity contribution in [3.8, 4) is 5.69 Å². The highest BCUT2D eigenvalue weighted by molar-refractivity contribution is 6.33. The molecule has 2 heterocycles. The number of rotatable bonds is 1. The first-order chi connectivity index (χ1) is 20.8. The molecule has 2 nitrogen and oxygen atoms in total. The van der Waals surface area contributed by atoms with Gasteiger partial charge in [-0.2, -0.15) is 0 Å². The molecule has 2 aromatic heterocycles. The van der Waals surface area contributed by atoms with E-state index in [0.29, 0.717) is 0 Å². The first-order valence-electron chi connectivity index (χ1n) is 14.4. The van der Waals surface area contributed by atoms with Crippen LogP contribution in [0.4, 0.5) is 0 Å². The fourth-order valence-electron chi connectivity index (χ4n) is 7.33. The van der Waals surface area contributed by atoms with Gasteiger partial charge in [0.1, 0.15) is 11.2 Å². The number of hydrogen-bond donors (Lipinski definition) is 0. The Kier molecular flexibility index (Phi) is 4.21. The number of hydrogen-bond acceptors (Lipinski definition) is 1. The molecule has 194 valence electrons. The monoisotopic (exact) mass is 533 g/mol. The van der Waals surface area contributed by atoms with Crippen LogP contribution in [0, 0.1) is 0 Å². The fraction of sp³-hybridized carbons (Fsp3) is 0. The van der Waals surface area contributed by atoms with Gasteiger partial charge in [0, 0.05) is 38.0 Å². The minimum Gasteiger partial charge on any atom is -0.455 e. The van der Waals surface area contributed by atoms with Gasteiger partial charge in [-0.05, 0) is 68.7 Å². The molecule has 0 N–H and O–H groups in total. The van der Waals surface area contributed by atoms with E-state index in [1.807, 2.05) is 0 Å². The molecule has 0 saturated carbocycles. The third kappa shape index (κ3) is 2.78. The molecule has 10 aromatic rings. The van der Waals surface area contributed by atoms with Crippen molar-refractivity contribution in [2.24, 2.45) is 0 Å². The van der Waals surface area contributed by atoms with Crippen LogP contribution in [0.5, 0.6) is 0 Å². The van der Waals surface area contributed by atoms with Crippen LogP contribution in [0.3, 0.4) is 0 Å². The molecule has 0 aliphatic rings. The van der Waals surface area contributed by atoms with E-state index in [9.17, 15) is 0 Å². The van der Waals surface area contributed by atoms with Crippen LogP contribution in [0.2, 0.25) is 0 Å². The van der Waals surface area contributed by atoms with Gasteiger partial charge in [0.05, 0.1) is 11.0 Å². The summed E-state index contributed by atoms with van der Waals surface area (Å²) in [6.45, 7) is 0. The molecule has 0 fully saturated rings. The topological polar surface area (TPSA) is 18.1 Å². The lowest BCUT2D eigenvalue weighted by Crippen LogP contribution is -1.94. The molecule has 0 spiro atoms. The van der Waals surface area contributed by atoms with E-state index in [1.54, 1.807) is 0 Å². The minimum absolute atomic E-state index is 0.957. The Morgan fingerprint density at radius 1 is 0.357 bits per heavy atom. The largest absolute Gasteiger partial charge is 0.455 e. The second-order valence-electron chi connectivity index (χ2n) is 11.3. The fourth-order valence-corrected chi connectivity index (χ4v) is 7.33. The lowest BCUT2D eigenvalue weighted by Gasteiger charge is -2.14. The van der Waals surface area contributed by atoms with Gasteiger partial charge in [-0.15, -0.1) is 0 Å². The molecule has 0 atom stereocenters. The molecule has 0 amide bonds. The first-order valence-corrected chi connectivity index (χ1v) is 14.4. The van der Waals surface area contributed by atoms with Gasteiger partial charge < -0.3 is 8.98 Å². The number of nitrogens with zero attached hydrogens (tertiary/aromatic N) is 1. The van der Waals surface area contributed by atoms with E-state index in [4.69, 9.17) is 4.42 Å². The van der Waals surface area contributed by atoms with Crippen molar-refractivity contribution in [3.63, 3.8) is 0 Å². The second-order valence-corrected chi connectivity index (χ2v) is 11.3. The quantitative estimate of drug-likeness (QED) is 0.192. The molecule has 0 aliphatic carbocycles. The van der Waals surface area contributed by atoms with Crippen molar-refractivity contribution in [1.82, 2.24) is 4.57 Å². The Bertz CT molecular complexity index is 2690. The van der Waals surface area contributed by atoms with E-state index in [2.05, 4.69) is 144 Å². The van der Waals surface area contributed by atoms with E-state index in [1.165, 1.54) is 59.5 Å². The highest BCUT2D eigenvalue weighted by Crippen LogP contribution is 2.44. The summed E-state index contributed by atoms with van der Waals surface area (Å²) in [4.78, 5) is 0. The molecule has 0 aliphatic heterocycles. The Morgan fingerprint density at radius 2 is 0.881 bits per heavy atom. The van der Waals surface area contributed by atoms with Gasteiger partial charge in [0.2, 0.25) is 0 Å². The maximum atomic E-state index is 6.85. The van der Waals surface area contributed by atoms with E-state index >= 15 is 0 Å². The predicted molar refractivity (Wildman–Crippen MR) is 178 cm³/mol. The van der Waals surface area contributed by atoms with E-state index in [0.717, 1.165) is 33.0 Å². The molecular weight excluding hydrogens is 510 g/mol. The summed E-state index contributed by atoms with van der Waals surface area (Å²) in [7, 11) is 0. The van der Waals surface area contributed by atoms with Gasteiger partial charge in [-0.1, -0.05) is 103 Å². The Labute approximate surface area is 240 Å². The summed E-state index contributed by atoms with van der Waals surface area (Å²) in [5, 5.41) is 14.5. The van der Waals surface area contributed by atoms with Crippen molar-refractivity contribution in [1.29, 1.82) is 0 Å². The van der Waals surface area contributed by atoms with Crippen LogP contribution >= 0.6 is 0 Å². The Hall–Kier alpha value is -5.60. The van der Waals surface area contributed by atoms with Crippen LogP contribution in [0.15, 0.2) is 144 Å². The summed E-state index contributed by atoms with van der Waals surface area (Å²) in [5.74, 6) is 0. The molecule has 0 saturated heterocycles. The van der Waals surface area contributed by atoms with Crippen molar-refractivity contribution in [3.05, 3.63) is 140 Å². The van der Waals surface area contributed by atoms with Crippen molar-refractivity contribution in [2.75, 3.05) is 0 Å². The summed E-state index contributed by atoms with van der Waals surface area (Å²) < 4.78 is 9.25. The summed E-state index contributed by atoms with van der Waals surface area (Å²) in [6.07, 6.45) is 0. The van der Waals surface area contributed by atoms with Crippen LogP contribution < -0.4 is 0 Å². The average molecular weight is 534 g/mol. The Morgan fingerprint density at radius 3 is 1.64 bits per heavy atom. The first kappa shape index (κ1) is 22.1. The molecule has 2 heteroatoms. The number of aromatic nitrogens is 1. The molecular formula is C40H23NO. The second kappa shape index (κ2) is 7.99. The third-order valence-electron chi connectivity index (χ3n) is 9.15. The van der Waals surface area contributed by atoms with E-state index in [-0.39, 0.29) is 0 Å². The lowest BCUT2D eigenvalue weighted by molar-refractivity contribution is 0.677. The van der Waals surface area contributed by atoms with Crippen LogP contribution in [0.25, 0.3) is 92.5 Å². The maximum Gasteiger partial charge on any atom is 0.143 e. The summed E-state index contributed by atoms with van der Waals surface area (Å²) in [6, 6.07) is 50.5. The SMILES string of the molecule is c1ccc2c(c1)ccc1c3ccc4c5ccccc5c5cc(-n6c7ccccc7c7ccccc76)ccc5c4c3oc21. The zero-order valence-corrected chi connectivity index (χ0v) is 22.6. The van der Waals surface area contributed by atoms with Gasteiger partial charge in [-0.25, -0.2) is 0 Å². The van der Waals surface area contributed by atoms with Gasteiger partial charge in [0.15, 0.2) is 0 Å². The zero-order chi connectivity index (χ0) is 27.4.